The van der Waals surface area contributed by atoms with E-state index in [9.17, 15) is 5.11 Å². The third-order valence-corrected chi connectivity index (χ3v) is 6.71. The van der Waals surface area contributed by atoms with Gasteiger partial charge in [0.1, 0.15) is 17.2 Å². The van der Waals surface area contributed by atoms with E-state index in [4.69, 9.17) is 15.6 Å². The van der Waals surface area contributed by atoms with Crippen LogP contribution in [0.1, 0.15) is 25.1 Å². The van der Waals surface area contributed by atoms with Crippen LogP contribution in [0.2, 0.25) is 0 Å². The van der Waals surface area contributed by atoms with Gasteiger partial charge in [-0.15, -0.1) is 0 Å². The van der Waals surface area contributed by atoms with E-state index in [-0.39, 0.29) is 16.4 Å². The van der Waals surface area contributed by atoms with Gasteiger partial charge >= 0.3 is 0 Å². The van der Waals surface area contributed by atoms with E-state index in [1.807, 2.05) is 0 Å². The van der Waals surface area contributed by atoms with Crippen LogP contribution < -0.4 is 15.2 Å². The lowest BCUT2D eigenvalue weighted by Gasteiger charge is -2.24. The molecule has 0 fully saturated rings. The molecular formula is C20H27N5O2S. The highest BCUT2D eigenvalue weighted by molar-refractivity contribution is 8.17. The number of hydrogen-bond donors (Lipinski definition) is 3. The summed E-state index contributed by atoms with van der Waals surface area (Å²) in [5.74, 6) is 0.937. The van der Waals surface area contributed by atoms with Crippen LogP contribution in [-0.2, 0) is 6.54 Å². The Kier molecular flexibility index (Phi) is 5.54. The molecule has 0 radical (unpaired) electrons. The molecule has 0 saturated carbocycles. The molecule has 1 atom stereocenters. The molecule has 2 aliphatic heterocycles. The number of benzene rings is 1. The highest BCUT2D eigenvalue weighted by Crippen LogP contribution is 2.44. The minimum Gasteiger partial charge on any atom is -0.508 e. The van der Waals surface area contributed by atoms with E-state index in [2.05, 4.69) is 39.6 Å². The van der Waals surface area contributed by atoms with Gasteiger partial charge in [0.2, 0.25) is 0 Å². The zero-order valence-electron chi connectivity index (χ0n) is 16.3. The molecule has 7 nitrogen and oxygen atoms in total. The number of aromatic nitrogens is 2. The van der Waals surface area contributed by atoms with Crippen molar-refractivity contribution in [2.75, 3.05) is 32.7 Å². The standard InChI is InChI=1S/C20H27N5O2S/c1-3-24(4-2)10-11-25-16-7-12-28(22-9-8-21)20-18(16)19(23-25)15-13-14(26)5-6-17(15)27-20/h5-7,12-13,22,26H,3-4,8-11,21H2,1-2H3. The van der Waals surface area contributed by atoms with Crippen LogP contribution in [0.25, 0.3) is 17.3 Å². The van der Waals surface area contributed by atoms with Gasteiger partial charge < -0.3 is 20.5 Å². The molecule has 8 heteroatoms. The second-order valence-corrected chi connectivity index (χ2v) is 8.36. The van der Waals surface area contributed by atoms with E-state index in [0.29, 0.717) is 13.1 Å². The first-order valence-electron chi connectivity index (χ1n) is 9.72. The number of fused-ring (bicyclic) bond motifs is 2. The van der Waals surface area contributed by atoms with Crippen LogP contribution in [0.5, 0.6) is 11.5 Å². The molecular weight excluding hydrogens is 374 g/mol. The van der Waals surface area contributed by atoms with Crippen molar-refractivity contribution in [1.82, 2.24) is 19.4 Å². The second kappa shape index (κ2) is 8.08. The quantitative estimate of drug-likeness (QED) is 0.588. The number of aromatic hydroxyl groups is 1. The first-order valence-corrected chi connectivity index (χ1v) is 11.0. The Hall–Kier alpha value is -2.13. The van der Waals surface area contributed by atoms with Gasteiger partial charge in [0.05, 0.1) is 17.8 Å². The van der Waals surface area contributed by atoms with Crippen molar-refractivity contribution in [3.63, 3.8) is 0 Å². The maximum atomic E-state index is 9.99. The van der Waals surface area contributed by atoms with Crippen molar-refractivity contribution in [2.24, 2.45) is 5.73 Å². The zero-order chi connectivity index (χ0) is 19.7. The average molecular weight is 402 g/mol. The molecule has 150 valence electrons. The van der Waals surface area contributed by atoms with Gasteiger partial charge in [-0.2, -0.15) is 5.10 Å². The SMILES string of the molecule is CCN(CC)CCn1nc2c3c1C=CS(NCCN)=C3Oc1ccc(O)cc1-2. The van der Waals surface area contributed by atoms with Crippen LogP contribution in [-0.4, -0.2) is 57.6 Å². The summed E-state index contributed by atoms with van der Waals surface area (Å²) in [6.45, 7) is 9.42. The fraction of sp³-hybridized carbons (Fsp3) is 0.400. The van der Waals surface area contributed by atoms with Crippen molar-refractivity contribution < 1.29 is 9.84 Å². The number of hydrogen-bond acceptors (Lipinski definition) is 6. The van der Waals surface area contributed by atoms with Crippen molar-refractivity contribution in [3.05, 3.63) is 34.9 Å². The summed E-state index contributed by atoms with van der Waals surface area (Å²) < 4.78 is 11.8. The third kappa shape index (κ3) is 3.37. The summed E-state index contributed by atoms with van der Waals surface area (Å²) in [6.07, 6.45) is 2.13. The van der Waals surface area contributed by atoms with Gasteiger partial charge in [0, 0.05) is 25.2 Å². The highest BCUT2D eigenvalue weighted by Gasteiger charge is 2.32. The molecule has 0 saturated heterocycles. The second-order valence-electron chi connectivity index (χ2n) is 6.75. The van der Waals surface area contributed by atoms with Crippen molar-refractivity contribution in [1.29, 1.82) is 0 Å². The van der Waals surface area contributed by atoms with Crippen molar-refractivity contribution in [2.45, 2.75) is 20.4 Å². The number of ether oxygens (including phenoxy) is 1. The zero-order valence-corrected chi connectivity index (χ0v) is 17.1. The number of nitrogens with zero attached hydrogens (tertiary/aromatic N) is 3. The molecule has 0 amide bonds. The first kappa shape index (κ1) is 19.2. The molecule has 3 heterocycles. The van der Waals surface area contributed by atoms with Crippen LogP contribution in [0.4, 0.5) is 0 Å². The Bertz CT molecular complexity index is 946. The predicted octanol–water partition coefficient (Wildman–Crippen LogP) is 2.18. The molecule has 2 aromatic rings. The van der Waals surface area contributed by atoms with Gasteiger partial charge in [-0.25, -0.2) is 0 Å². The Balaban J connectivity index is 1.80. The fourth-order valence-electron chi connectivity index (χ4n) is 3.56. The van der Waals surface area contributed by atoms with Gasteiger partial charge in [-0.05, 0) is 42.8 Å². The lowest BCUT2D eigenvalue weighted by molar-refractivity contribution is 0.285. The van der Waals surface area contributed by atoms with E-state index in [0.717, 1.165) is 59.5 Å². The summed E-state index contributed by atoms with van der Waals surface area (Å²) in [5.41, 5.74) is 9.47. The van der Waals surface area contributed by atoms with Gasteiger partial charge in [0.15, 0.2) is 5.05 Å². The lowest BCUT2D eigenvalue weighted by Crippen LogP contribution is -2.28. The van der Waals surface area contributed by atoms with Crippen molar-refractivity contribution in [3.8, 4) is 22.8 Å². The summed E-state index contributed by atoms with van der Waals surface area (Å²) in [7, 11) is -0.360. The molecule has 2 aliphatic rings. The van der Waals surface area contributed by atoms with Gasteiger partial charge in [0.25, 0.3) is 0 Å². The minimum atomic E-state index is -0.360. The minimum absolute atomic E-state index is 0.212. The summed E-state index contributed by atoms with van der Waals surface area (Å²) in [6, 6.07) is 5.18. The van der Waals surface area contributed by atoms with E-state index in [1.54, 1.807) is 18.2 Å². The fourth-order valence-corrected chi connectivity index (χ4v) is 5.11. The van der Waals surface area contributed by atoms with Crippen LogP contribution >= 0.6 is 10.7 Å². The number of rotatable bonds is 8. The molecule has 4 N–H and O–H groups in total. The molecule has 28 heavy (non-hydrogen) atoms. The Morgan fingerprint density at radius 2 is 2.14 bits per heavy atom. The maximum absolute atomic E-state index is 9.99. The van der Waals surface area contributed by atoms with Crippen LogP contribution in [0.15, 0.2) is 23.6 Å². The maximum Gasteiger partial charge on any atom is 0.180 e. The van der Waals surface area contributed by atoms with Crippen LogP contribution in [0.3, 0.4) is 0 Å². The largest absolute Gasteiger partial charge is 0.508 e. The molecule has 1 aromatic heterocycles. The molecule has 4 rings (SSSR count). The summed E-state index contributed by atoms with van der Waals surface area (Å²) >= 11 is 0. The third-order valence-electron chi connectivity index (χ3n) is 5.10. The van der Waals surface area contributed by atoms with Gasteiger partial charge in [-0.1, -0.05) is 24.5 Å². The Labute approximate surface area is 167 Å². The highest BCUT2D eigenvalue weighted by atomic mass is 32.2. The summed E-state index contributed by atoms with van der Waals surface area (Å²) in [4.78, 5) is 2.38. The van der Waals surface area contributed by atoms with E-state index < -0.39 is 0 Å². The topological polar surface area (TPSA) is 88.6 Å². The number of phenolic OH excluding ortho intramolecular Hbond substituents is 1. The molecule has 1 unspecified atom stereocenters. The molecule has 1 aromatic carbocycles. The Morgan fingerprint density at radius 1 is 1.32 bits per heavy atom. The van der Waals surface area contributed by atoms with Crippen molar-refractivity contribution >= 4 is 21.8 Å². The van der Waals surface area contributed by atoms with Crippen LogP contribution in [0, 0.1) is 0 Å². The number of nitrogens with two attached hydrogens (primary N) is 1. The molecule has 0 aliphatic carbocycles. The lowest BCUT2D eigenvalue weighted by atomic mass is 10.0. The molecule has 0 bridgehead atoms. The van der Waals surface area contributed by atoms with E-state index in [1.165, 1.54) is 0 Å². The monoisotopic (exact) mass is 401 g/mol. The summed E-state index contributed by atoms with van der Waals surface area (Å²) in [5, 5.41) is 17.9. The van der Waals surface area contributed by atoms with Gasteiger partial charge in [-0.3, -0.25) is 9.40 Å². The predicted molar refractivity (Wildman–Crippen MR) is 116 cm³/mol. The number of likely N-dealkylation sites (N-methyl/N-ethyl adjacent to an activating group) is 1. The smallest absolute Gasteiger partial charge is 0.180 e. The first-order chi connectivity index (χ1) is 13.7. The number of nitrogens with one attached hydrogen (secondary N) is 1. The molecule has 0 spiro atoms. The number of phenols is 1. The average Bonchev–Trinajstić information content (AvgIpc) is 3.08. The normalized spacial score (nSPS) is 16.9. The Morgan fingerprint density at radius 3 is 2.89 bits per heavy atom. The van der Waals surface area contributed by atoms with E-state index >= 15 is 0 Å².